The van der Waals surface area contributed by atoms with Crippen LogP contribution in [0, 0.1) is 11.8 Å². The summed E-state index contributed by atoms with van der Waals surface area (Å²) in [6, 6.07) is 0. The van der Waals surface area contributed by atoms with Gasteiger partial charge in [0.1, 0.15) is 0 Å². The van der Waals surface area contributed by atoms with E-state index in [2.05, 4.69) is 24.1 Å². The van der Waals surface area contributed by atoms with E-state index >= 15 is 0 Å². The number of rotatable bonds is 4. The molecule has 1 amide bonds. The van der Waals surface area contributed by atoms with Gasteiger partial charge < -0.3 is 10.2 Å². The van der Waals surface area contributed by atoms with Crippen molar-refractivity contribution >= 4 is 5.91 Å². The fourth-order valence-electron chi connectivity index (χ4n) is 2.29. The largest absolute Gasteiger partial charge is 0.356 e. The molecule has 1 heterocycles. The van der Waals surface area contributed by atoms with Crippen LogP contribution in [-0.4, -0.2) is 37.0 Å². The SMILES string of the molecule is CC(=O)NC[C@H]1CCCN(CC(C)C)C1. The molecule has 1 atom stereocenters. The van der Waals surface area contributed by atoms with Crippen LogP contribution in [-0.2, 0) is 4.79 Å². The first kappa shape index (κ1) is 12.5. The van der Waals surface area contributed by atoms with Gasteiger partial charge >= 0.3 is 0 Å². The first-order valence-corrected chi connectivity index (χ1v) is 6.04. The highest BCUT2D eigenvalue weighted by molar-refractivity contribution is 5.72. The maximum atomic E-state index is 10.8. The number of nitrogens with one attached hydrogen (secondary N) is 1. The molecule has 1 rings (SSSR count). The molecule has 1 fully saturated rings. The van der Waals surface area contributed by atoms with Crippen molar-refractivity contribution in [3.8, 4) is 0 Å². The number of piperidine rings is 1. The van der Waals surface area contributed by atoms with Crippen LogP contribution in [0.4, 0.5) is 0 Å². The van der Waals surface area contributed by atoms with E-state index in [1.807, 2.05) is 0 Å². The van der Waals surface area contributed by atoms with Crippen LogP contribution in [0.15, 0.2) is 0 Å². The minimum absolute atomic E-state index is 0.0935. The Hall–Kier alpha value is -0.570. The molecule has 15 heavy (non-hydrogen) atoms. The standard InChI is InChI=1S/C12H24N2O/c1-10(2)8-14-6-4-5-12(9-14)7-13-11(3)15/h10,12H,4-9H2,1-3H3,(H,13,15)/t12-/m1/s1. The van der Waals surface area contributed by atoms with Gasteiger partial charge in [0, 0.05) is 26.6 Å². The summed E-state index contributed by atoms with van der Waals surface area (Å²) in [6.07, 6.45) is 2.53. The minimum Gasteiger partial charge on any atom is -0.356 e. The van der Waals surface area contributed by atoms with E-state index in [4.69, 9.17) is 0 Å². The van der Waals surface area contributed by atoms with E-state index in [1.165, 1.54) is 25.9 Å². The molecule has 0 saturated carbocycles. The van der Waals surface area contributed by atoms with Gasteiger partial charge in [-0.25, -0.2) is 0 Å². The van der Waals surface area contributed by atoms with E-state index in [9.17, 15) is 4.79 Å². The highest BCUT2D eigenvalue weighted by atomic mass is 16.1. The molecule has 1 N–H and O–H groups in total. The van der Waals surface area contributed by atoms with Gasteiger partial charge in [-0.05, 0) is 31.2 Å². The summed E-state index contributed by atoms with van der Waals surface area (Å²) in [6.45, 7) is 10.5. The van der Waals surface area contributed by atoms with Crippen LogP contribution < -0.4 is 5.32 Å². The molecule has 0 aromatic carbocycles. The van der Waals surface area contributed by atoms with Crippen LogP contribution in [0.5, 0.6) is 0 Å². The molecule has 1 aliphatic heterocycles. The van der Waals surface area contributed by atoms with Crippen LogP contribution in [0.3, 0.4) is 0 Å². The van der Waals surface area contributed by atoms with Gasteiger partial charge in [-0.15, -0.1) is 0 Å². The molecule has 1 aliphatic rings. The second-order valence-electron chi connectivity index (χ2n) is 5.10. The van der Waals surface area contributed by atoms with E-state index in [0.717, 1.165) is 19.0 Å². The van der Waals surface area contributed by atoms with Gasteiger partial charge in [0.05, 0.1) is 0 Å². The zero-order chi connectivity index (χ0) is 11.3. The monoisotopic (exact) mass is 212 g/mol. The van der Waals surface area contributed by atoms with Gasteiger partial charge in [-0.1, -0.05) is 13.8 Å². The molecule has 0 spiro atoms. The fourth-order valence-corrected chi connectivity index (χ4v) is 2.29. The van der Waals surface area contributed by atoms with Crippen LogP contribution in [0.1, 0.15) is 33.6 Å². The molecule has 0 aromatic rings. The first-order valence-electron chi connectivity index (χ1n) is 6.04. The number of carbonyl (C=O) groups excluding carboxylic acids is 1. The lowest BCUT2D eigenvalue weighted by molar-refractivity contribution is -0.119. The number of carbonyl (C=O) groups is 1. The molecule has 1 saturated heterocycles. The van der Waals surface area contributed by atoms with Gasteiger partial charge in [0.2, 0.25) is 5.91 Å². The van der Waals surface area contributed by atoms with E-state index < -0.39 is 0 Å². The van der Waals surface area contributed by atoms with Crippen molar-refractivity contribution in [3.05, 3.63) is 0 Å². The zero-order valence-electron chi connectivity index (χ0n) is 10.3. The molecule has 0 bridgehead atoms. The molecule has 0 unspecified atom stereocenters. The molecule has 0 aromatic heterocycles. The Morgan fingerprint density at radius 1 is 1.53 bits per heavy atom. The maximum Gasteiger partial charge on any atom is 0.216 e. The summed E-state index contributed by atoms with van der Waals surface area (Å²) >= 11 is 0. The van der Waals surface area contributed by atoms with Gasteiger partial charge in [-0.2, -0.15) is 0 Å². The van der Waals surface area contributed by atoms with Crippen molar-refractivity contribution in [1.29, 1.82) is 0 Å². The average Bonchev–Trinajstić information content (AvgIpc) is 2.14. The summed E-state index contributed by atoms with van der Waals surface area (Å²) < 4.78 is 0. The summed E-state index contributed by atoms with van der Waals surface area (Å²) in [5.74, 6) is 1.49. The third-order valence-electron chi connectivity index (χ3n) is 2.87. The second-order valence-corrected chi connectivity index (χ2v) is 5.10. The third-order valence-corrected chi connectivity index (χ3v) is 2.87. The third kappa shape index (κ3) is 5.17. The lowest BCUT2D eigenvalue weighted by atomic mass is 9.97. The van der Waals surface area contributed by atoms with Crippen LogP contribution in [0.25, 0.3) is 0 Å². The fraction of sp³-hybridized carbons (Fsp3) is 0.917. The predicted octanol–water partition coefficient (Wildman–Crippen LogP) is 1.49. The summed E-state index contributed by atoms with van der Waals surface area (Å²) in [5.41, 5.74) is 0. The lowest BCUT2D eigenvalue weighted by Crippen LogP contribution is -2.41. The quantitative estimate of drug-likeness (QED) is 0.766. The number of amides is 1. The molecule has 0 aliphatic carbocycles. The van der Waals surface area contributed by atoms with Crippen molar-refractivity contribution in [1.82, 2.24) is 10.2 Å². The van der Waals surface area contributed by atoms with Crippen LogP contribution >= 0.6 is 0 Å². The number of nitrogens with zero attached hydrogens (tertiary/aromatic N) is 1. The smallest absolute Gasteiger partial charge is 0.216 e. The second kappa shape index (κ2) is 6.11. The topological polar surface area (TPSA) is 32.3 Å². The first-order chi connectivity index (χ1) is 7.08. The van der Waals surface area contributed by atoms with Crippen LogP contribution in [0.2, 0.25) is 0 Å². The summed E-state index contributed by atoms with van der Waals surface area (Å²) in [7, 11) is 0. The van der Waals surface area contributed by atoms with Gasteiger partial charge in [0.25, 0.3) is 0 Å². The Morgan fingerprint density at radius 2 is 2.27 bits per heavy atom. The molecular weight excluding hydrogens is 188 g/mol. The van der Waals surface area contributed by atoms with Crippen molar-refractivity contribution in [2.75, 3.05) is 26.2 Å². The molecule has 3 nitrogen and oxygen atoms in total. The normalized spacial score (nSPS) is 23.1. The number of likely N-dealkylation sites (tertiary alicyclic amines) is 1. The molecular formula is C12H24N2O. The van der Waals surface area contributed by atoms with Crippen molar-refractivity contribution in [2.24, 2.45) is 11.8 Å². The van der Waals surface area contributed by atoms with E-state index in [0.29, 0.717) is 5.92 Å². The Morgan fingerprint density at radius 3 is 2.87 bits per heavy atom. The van der Waals surface area contributed by atoms with Crippen molar-refractivity contribution in [3.63, 3.8) is 0 Å². The minimum atomic E-state index is 0.0935. The molecule has 3 heteroatoms. The number of hydrogen-bond acceptors (Lipinski definition) is 2. The molecule has 0 radical (unpaired) electrons. The van der Waals surface area contributed by atoms with E-state index in [1.54, 1.807) is 6.92 Å². The predicted molar refractivity (Wildman–Crippen MR) is 62.7 cm³/mol. The summed E-state index contributed by atoms with van der Waals surface area (Å²) in [5, 5.41) is 2.92. The number of hydrogen-bond donors (Lipinski definition) is 1. The Balaban J connectivity index is 2.25. The van der Waals surface area contributed by atoms with Gasteiger partial charge in [0.15, 0.2) is 0 Å². The highest BCUT2D eigenvalue weighted by Gasteiger charge is 2.20. The molecule has 88 valence electrons. The van der Waals surface area contributed by atoms with Crippen molar-refractivity contribution in [2.45, 2.75) is 33.6 Å². The Bertz CT molecular complexity index is 204. The Kier molecular flexibility index (Phi) is 5.09. The lowest BCUT2D eigenvalue weighted by Gasteiger charge is -2.33. The average molecular weight is 212 g/mol. The highest BCUT2D eigenvalue weighted by Crippen LogP contribution is 2.16. The maximum absolute atomic E-state index is 10.8. The summed E-state index contributed by atoms with van der Waals surface area (Å²) in [4.78, 5) is 13.3. The zero-order valence-corrected chi connectivity index (χ0v) is 10.3. The Labute approximate surface area is 93.2 Å². The van der Waals surface area contributed by atoms with E-state index in [-0.39, 0.29) is 5.91 Å². The van der Waals surface area contributed by atoms with Crippen molar-refractivity contribution < 1.29 is 4.79 Å². The van der Waals surface area contributed by atoms with Gasteiger partial charge in [-0.3, -0.25) is 4.79 Å².